The van der Waals surface area contributed by atoms with Crippen LogP contribution in [0.3, 0.4) is 0 Å². The van der Waals surface area contributed by atoms with Crippen molar-refractivity contribution in [3.05, 3.63) is 188 Å². The van der Waals surface area contributed by atoms with Crippen molar-refractivity contribution in [3.8, 4) is 56.4 Å². The van der Waals surface area contributed by atoms with Gasteiger partial charge in [-0.15, -0.1) is 11.3 Å². The quantitative estimate of drug-likeness (QED) is 0.166. The Balaban J connectivity index is 1.17. The van der Waals surface area contributed by atoms with Crippen LogP contribution in [-0.4, -0.2) is 15.0 Å². The van der Waals surface area contributed by atoms with Crippen LogP contribution in [0.1, 0.15) is 0 Å². The van der Waals surface area contributed by atoms with Crippen molar-refractivity contribution in [2.75, 3.05) is 0 Å². The highest BCUT2D eigenvalue weighted by atomic mass is 32.1. The topological polar surface area (TPSA) is 38.7 Å². The lowest BCUT2D eigenvalue weighted by Gasteiger charge is -2.15. The number of nitrogens with zero attached hydrogens (tertiary/aromatic N) is 3. The van der Waals surface area contributed by atoms with Gasteiger partial charge in [-0.05, 0) is 67.4 Å². The summed E-state index contributed by atoms with van der Waals surface area (Å²) in [5, 5.41) is 9.85. The van der Waals surface area contributed by atoms with Gasteiger partial charge in [-0.1, -0.05) is 170 Å². The third kappa shape index (κ3) is 5.30. The van der Waals surface area contributed by atoms with Crippen molar-refractivity contribution in [2.24, 2.45) is 0 Å². The molecule has 3 nitrogen and oxygen atoms in total. The Kier molecular flexibility index (Phi) is 7.35. The molecule has 2 aromatic heterocycles. The molecule has 2 heterocycles. The Labute approximate surface area is 321 Å². The summed E-state index contributed by atoms with van der Waals surface area (Å²) in [6.07, 6.45) is 0. The molecular weight excluding hydrogens is 687 g/mol. The van der Waals surface area contributed by atoms with E-state index in [-0.39, 0.29) is 0 Å². The Morgan fingerprint density at radius 2 is 0.764 bits per heavy atom. The highest BCUT2D eigenvalue weighted by Crippen LogP contribution is 2.48. The highest BCUT2D eigenvalue weighted by molar-refractivity contribution is 7.27. The van der Waals surface area contributed by atoms with Crippen LogP contribution in [0.2, 0.25) is 0 Å². The molecule has 0 N–H and O–H groups in total. The molecule has 0 unspecified atom stereocenters. The molecule has 0 bridgehead atoms. The van der Waals surface area contributed by atoms with Gasteiger partial charge in [0.25, 0.3) is 0 Å². The van der Waals surface area contributed by atoms with Gasteiger partial charge in [0.2, 0.25) is 0 Å². The van der Waals surface area contributed by atoms with E-state index in [0.717, 1.165) is 27.8 Å². The number of thiophene rings is 1. The van der Waals surface area contributed by atoms with Gasteiger partial charge in [0.1, 0.15) is 0 Å². The summed E-state index contributed by atoms with van der Waals surface area (Å²) in [7, 11) is 0. The zero-order valence-electron chi connectivity index (χ0n) is 29.6. The molecule has 11 rings (SSSR count). The van der Waals surface area contributed by atoms with Crippen LogP contribution in [0.5, 0.6) is 0 Å². The van der Waals surface area contributed by atoms with Crippen LogP contribution in [0.25, 0.3) is 109 Å². The summed E-state index contributed by atoms with van der Waals surface area (Å²) in [6.45, 7) is 0. The second-order valence-electron chi connectivity index (χ2n) is 13.9. The molecule has 11 aromatic rings. The Hall–Kier alpha value is -7.01. The molecule has 4 heteroatoms. The van der Waals surface area contributed by atoms with Crippen LogP contribution in [0.15, 0.2) is 188 Å². The lowest BCUT2D eigenvalue weighted by molar-refractivity contribution is 1.08. The standard InChI is InChI=1S/C51H31N3S/c1-3-14-32(15-4-1)33-26-28-34(29-27-33)36-18-13-19-37(30-36)50-52-49(35-16-5-2-6-17-35)53-51(54-50)44-31-43-40-22-8-7-20-38(40)39-21-9-10-23-41(39)46(43)48-47(44)42-24-11-12-25-45(42)55-48/h1-31H. The van der Waals surface area contributed by atoms with Crippen LogP contribution in [-0.2, 0) is 0 Å². The van der Waals surface area contributed by atoms with E-state index in [1.54, 1.807) is 0 Å². The summed E-state index contributed by atoms with van der Waals surface area (Å²) in [5.74, 6) is 1.95. The Bertz CT molecular complexity index is 3240. The molecule has 256 valence electrons. The monoisotopic (exact) mass is 717 g/mol. The summed E-state index contributed by atoms with van der Waals surface area (Å²) in [4.78, 5) is 15.8. The second-order valence-corrected chi connectivity index (χ2v) is 15.0. The number of benzene rings is 9. The molecule has 0 aliphatic heterocycles. The molecule has 0 spiro atoms. The van der Waals surface area contributed by atoms with Crippen LogP contribution in [0, 0.1) is 0 Å². The van der Waals surface area contributed by atoms with Gasteiger partial charge in [-0.3, -0.25) is 0 Å². The van der Waals surface area contributed by atoms with Crippen LogP contribution in [0.4, 0.5) is 0 Å². The zero-order chi connectivity index (χ0) is 36.3. The van der Waals surface area contributed by atoms with E-state index in [1.807, 2.05) is 35.6 Å². The van der Waals surface area contributed by atoms with Crippen molar-refractivity contribution >= 4 is 63.8 Å². The number of hydrogen-bond acceptors (Lipinski definition) is 4. The Morgan fingerprint density at radius 1 is 0.291 bits per heavy atom. The van der Waals surface area contributed by atoms with Gasteiger partial charge < -0.3 is 0 Å². The van der Waals surface area contributed by atoms with E-state index in [9.17, 15) is 0 Å². The number of fused-ring (bicyclic) bond motifs is 10. The average molecular weight is 718 g/mol. The molecule has 55 heavy (non-hydrogen) atoms. The predicted octanol–water partition coefficient (Wildman–Crippen LogP) is 14.0. The lowest BCUT2D eigenvalue weighted by atomic mass is 9.91. The van der Waals surface area contributed by atoms with Gasteiger partial charge in [-0.25, -0.2) is 15.0 Å². The van der Waals surface area contributed by atoms with Gasteiger partial charge in [0, 0.05) is 42.2 Å². The first-order valence-corrected chi connectivity index (χ1v) is 19.3. The number of hydrogen-bond donors (Lipinski definition) is 0. The smallest absolute Gasteiger partial charge is 0.164 e. The highest BCUT2D eigenvalue weighted by Gasteiger charge is 2.22. The molecule has 0 fully saturated rings. The van der Waals surface area contributed by atoms with E-state index in [4.69, 9.17) is 15.0 Å². The molecular formula is C51H31N3S. The summed E-state index contributed by atoms with van der Waals surface area (Å²) >= 11 is 1.85. The zero-order valence-corrected chi connectivity index (χ0v) is 30.5. The summed E-state index contributed by atoms with van der Waals surface area (Å²) in [5.41, 5.74) is 7.54. The van der Waals surface area contributed by atoms with Gasteiger partial charge in [0.15, 0.2) is 17.5 Å². The number of rotatable bonds is 5. The third-order valence-corrected chi connectivity index (χ3v) is 11.9. The normalized spacial score (nSPS) is 11.6. The van der Waals surface area contributed by atoms with E-state index in [1.165, 1.54) is 63.6 Å². The largest absolute Gasteiger partial charge is 0.208 e. The minimum absolute atomic E-state index is 0.641. The van der Waals surface area contributed by atoms with Gasteiger partial charge >= 0.3 is 0 Å². The Morgan fingerprint density at radius 3 is 1.47 bits per heavy atom. The fraction of sp³-hybridized carbons (Fsp3) is 0. The van der Waals surface area contributed by atoms with Crippen molar-refractivity contribution in [2.45, 2.75) is 0 Å². The maximum Gasteiger partial charge on any atom is 0.164 e. The van der Waals surface area contributed by atoms with E-state index in [0.29, 0.717) is 17.5 Å². The van der Waals surface area contributed by atoms with Crippen molar-refractivity contribution in [3.63, 3.8) is 0 Å². The van der Waals surface area contributed by atoms with Crippen LogP contribution >= 0.6 is 11.3 Å². The SMILES string of the molecule is c1ccc(-c2ccc(-c3cccc(-c4nc(-c5ccccc5)nc(-c5cc6c7ccccc7c7ccccc7c6c6sc7ccccc7c56)n4)c3)cc2)cc1. The molecule has 0 saturated carbocycles. The first-order chi connectivity index (χ1) is 27.3. The van der Waals surface area contributed by atoms with Gasteiger partial charge in [0.05, 0.1) is 0 Å². The molecule has 0 atom stereocenters. The van der Waals surface area contributed by atoms with Crippen molar-refractivity contribution in [1.29, 1.82) is 0 Å². The third-order valence-electron chi connectivity index (χ3n) is 10.7. The van der Waals surface area contributed by atoms with Gasteiger partial charge in [-0.2, -0.15) is 0 Å². The van der Waals surface area contributed by atoms with Crippen LogP contribution < -0.4 is 0 Å². The maximum absolute atomic E-state index is 5.36. The van der Waals surface area contributed by atoms with E-state index >= 15 is 0 Å². The molecule has 0 radical (unpaired) electrons. The number of aromatic nitrogens is 3. The van der Waals surface area contributed by atoms with E-state index in [2.05, 4.69) is 164 Å². The molecule has 9 aromatic carbocycles. The first kappa shape index (κ1) is 31.5. The minimum Gasteiger partial charge on any atom is -0.208 e. The average Bonchev–Trinajstić information content (AvgIpc) is 3.66. The van der Waals surface area contributed by atoms with Crippen molar-refractivity contribution in [1.82, 2.24) is 15.0 Å². The minimum atomic E-state index is 0.641. The molecule has 0 aliphatic rings. The molecule has 0 amide bonds. The fourth-order valence-electron chi connectivity index (χ4n) is 8.11. The molecule has 0 aliphatic carbocycles. The van der Waals surface area contributed by atoms with Crippen molar-refractivity contribution < 1.29 is 0 Å². The first-order valence-electron chi connectivity index (χ1n) is 18.5. The maximum atomic E-state index is 5.36. The second kappa shape index (κ2) is 12.8. The van der Waals surface area contributed by atoms with E-state index < -0.39 is 0 Å². The predicted molar refractivity (Wildman–Crippen MR) is 232 cm³/mol. The summed E-state index contributed by atoms with van der Waals surface area (Å²) < 4.78 is 2.49. The fourth-order valence-corrected chi connectivity index (χ4v) is 9.40. The summed E-state index contributed by atoms with van der Waals surface area (Å²) in [6, 6.07) is 66.7. The lowest BCUT2D eigenvalue weighted by Crippen LogP contribution is -2.01. The molecule has 0 saturated heterocycles.